The van der Waals surface area contributed by atoms with Crippen molar-refractivity contribution < 1.29 is 4.42 Å². The van der Waals surface area contributed by atoms with Crippen LogP contribution in [0.5, 0.6) is 0 Å². The molecule has 8 aromatic carbocycles. The highest BCUT2D eigenvalue weighted by atomic mass is 16.3. The Morgan fingerprint density at radius 3 is 1.69 bits per heavy atom. The van der Waals surface area contributed by atoms with Crippen molar-refractivity contribution in [3.05, 3.63) is 211 Å². The third kappa shape index (κ3) is 6.09. The van der Waals surface area contributed by atoms with Gasteiger partial charge in [0.05, 0.1) is 17.1 Å². The van der Waals surface area contributed by atoms with Gasteiger partial charge in [-0.25, -0.2) is 0 Å². The first kappa shape index (κ1) is 34.4. The van der Waals surface area contributed by atoms with E-state index < -0.39 is 0 Å². The number of hydrogen-bond acceptors (Lipinski definition) is 3. The van der Waals surface area contributed by atoms with Crippen LogP contribution in [0.15, 0.2) is 199 Å². The monoisotopic (exact) mass is 755 g/mol. The number of fused-ring (bicyclic) bond motifs is 6. The number of aromatic nitrogens is 1. The topological polar surface area (TPSA) is 45.1 Å². The molecule has 1 aliphatic rings. The van der Waals surface area contributed by atoms with Gasteiger partial charge in [0.25, 0.3) is 0 Å². The van der Waals surface area contributed by atoms with E-state index in [1.165, 1.54) is 38.9 Å². The van der Waals surface area contributed by atoms with Crippen molar-refractivity contribution >= 4 is 56.0 Å². The highest BCUT2D eigenvalue weighted by molar-refractivity contribution is 6.06. The number of benzene rings is 8. The van der Waals surface area contributed by atoms with Gasteiger partial charge in [-0.3, -0.25) is 0 Å². The van der Waals surface area contributed by atoms with Gasteiger partial charge in [-0.15, -0.1) is 0 Å². The van der Waals surface area contributed by atoms with Crippen LogP contribution in [-0.2, 0) is 6.42 Å². The third-order valence-corrected chi connectivity index (χ3v) is 11.7. The van der Waals surface area contributed by atoms with E-state index in [4.69, 9.17) is 4.42 Å². The minimum absolute atomic E-state index is 0.669. The van der Waals surface area contributed by atoms with E-state index in [1.54, 1.807) is 0 Å². The predicted molar refractivity (Wildman–Crippen MR) is 244 cm³/mol. The summed E-state index contributed by atoms with van der Waals surface area (Å²) in [5, 5.41) is 12.9. The molecule has 4 heteroatoms. The lowest BCUT2D eigenvalue weighted by Crippen LogP contribution is -2.09. The molecule has 1 aliphatic carbocycles. The molecule has 0 amide bonds. The highest BCUT2D eigenvalue weighted by Crippen LogP contribution is 2.40. The van der Waals surface area contributed by atoms with Crippen molar-refractivity contribution in [2.45, 2.75) is 12.8 Å². The molecular formula is C55H37N3O. The Hall–Kier alpha value is -7.87. The second-order valence-electron chi connectivity index (χ2n) is 15.2. The molecule has 2 heterocycles. The number of allylic oxidation sites excluding steroid dienone is 1. The van der Waals surface area contributed by atoms with Crippen LogP contribution in [0.3, 0.4) is 0 Å². The van der Waals surface area contributed by atoms with E-state index in [-0.39, 0.29) is 0 Å². The molecule has 0 atom stereocenters. The van der Waals surface area contributed by atoms with Crippen molar-refractivity contribution in [2.24, 2.45) is 0 Å². The van der Waals surface area contributed by atoms with Crippen LogP contribution in [0, 0.1) is 11.3 Å². The van der Waals surface area contributed by atoms with E-state index in [2.05, 4.69) is 191 Å². The van der Waals surface area contributed by atoms with Gasteiger partial charge in [-0.1, -0.05) is 109 Å². The fraction of sp³-hybridized carbons (Fsp3) is 0.0364. The van der Waals surface area contributed by atoms with Gasteiger partial charge in [0.2, 0.25) is 0 Å². The lowest BCUT2D eigenvalue weighted by molar-refractivity contribution is 0.669. The Balaban J connectivity index is 0.959. The number of hydrogen-bond donors (Lipinski definition) is 0. The summed E-state index contributed by atoms with van der Waals surface area (Å²) < 4.78 is 8.48. The van der Waals surface area contributed by atoms with E-state index >= 15 is 0 Å². The molecule has 0 spiro atoms. The average Bonchev–Trinajstić information content (AvgIpc) is 3.85. The molecule has 4 nitrogen and oxygen atoms in total. The van der Waals surface area contributed by atoms with E-state index in [0.29, 0.717) is 5.56 Å². The average molecular weight is 756 g/mol. The summed E-state index contributed by atoms with van der Waals surface area (Å²) in [6, 6.07) is 68.8. The number of furan rings is 1. The van der Waals surface area contributed by atoms with Gasteiger partial charge in [0.15, 0.2) is 0 Å². The Kier molecular flexibility index (Phi) is 8.31. The molecule has 278 valence electrons. The molecule has 0 saturated heterocycles. The Morgan fingerprint density at radius 1 is 0.492 bits per heavy atom. The lowest BCUT2D eigenvalue weighted by Gasteiger charge is -2.26. The maximum absolute atomic E-state index is 9.40. The van der Waals surface area contributed by atoms with Crippen LogP contribution in [-0.4, -0.2) is 4.57 Å². The van der Waals surface area contributed by atoms with Crippen molar-refractivity contribution in [3.63, 3.8) is 0 Å². The number of para-hydroxylation sites is 1. The maximum Gasteiger partial charge on any atom is 0.135 e. The van der Waals surface area contributed by atoms with Gasteiger partial charge in [0, 0.05) is 50.2 Å². The molecule has 11 rings (SSSR count). The van der Waals surface area contributed by atoms with Crippen LogP contribution < -0.4 is 4.90 Å². The van der Waals surface area contributed by atoms with Crippen molar-refractivity contribution in [3.8, 4) is 45.1 Å². The van der Waals surface area contributed by atoms with Gasteiger partial charge in [-0.2, -0.15) is 5.26 Å². The lowest BCUT2D eigenvalue weighted by atomic mass is 9.98. The Morgan fingerprint density at radius 2 is 1.03 bits per heavy atom. The van der Waals surface area contributed by atoms with Gasteiger partial charge >= 0.3 is 0 Å². The Bertz CT molecular complexity index is 3240. The molecule has 0 saturated carbocycles. The summed E-state index contributed by atoms with van der Waals surface area (Å²) in [5.74, 6) is 0. The van der Waals surface area contributed by atoms with E-state index in [0.717, 1.165) is 74.2 Å². The van der Waals surface area contributed by atoms with Crippen LogP contribution in [0.4, 0.5) is 17.1 Å². The normalized spacial score (nSPS) is 12.2. The molecule has 0 N–H and O–H groups in total. The molecule has 59 heavy (non-hydrogen) atoms. The Labute approximate surface area is 342 Å². The molecule has 10 aromatic rings. The summed E-state index contributed by atoms with van der Waals surface area (Å²) in [6.45, 7) is 0. The number of rotatable bonds is 7. The molecule has 0 aliphatic heterocycles. The first-order valence-electron chi connectivity index (χ1n) is 20.1. The fourth-order valence-corrected chi connectivity index (χ4v) is 8.77. The zero-order valence-electron chi connectivity index (χ0n) is 32.2. The minimum atomic E-state index is 0.669. The second kappa shape index (κ2) is 14.3. The number of anilines is 3. The molecule has 0 bridgehead atoms. The van der Waals surface area contributed by atoms with E-state index in [1.807, 2.05) is 24.3 Å². The minimum Gasteiger partial charge on any atom is -0.456 e. The zero-order chi connectivity index (χ0) is 39.3. The first-order valence-corrected chi connectivity index (χ1v) is 20.1. The van der Waals surface area contributed by atoms with Crippen molar-refractivity contribution in [2.75, 3.05) is 4.90 Å². The summed E-state index contributed by atoms with van der Waals surface area (Å²) in [6.07, 6.45) is 6.54. The van der Waals surface area contributed by atoms with Gasteiger partial charge in [0.1, 0.15) is 11.2 Å². The molecule has 0 fully saturated rings. The first-order chi connectivity index (χ1) is 29.2. The smallest absolute Gasteiger partial charge is 0.135 e. The van der Waals surface area contributed by atoms with Gasteiger partial charge < -0.3 is 13.9 Å². The molecular weight excluding hydrogens is 719 g/mol. The summed E-state index contributed by atoms with van der Waals surface area (Å²) in [7, 11) is 0. The van der Waals surface area contributed by atoms with Crippen molar-refractivity contribution in [1.82, 2.24) is 4.57 Å². The van der Waals surface area contributed by atoms with Gasteiger partial charge in [-0.05, 0) is 137 Å². The zero-order valence-corrected chi connectivity index (χ0v) is 32.2. The van der Waals surface area contributed by atoms with E-state index in [9.17, 15) is 5.26 Å². The summed E-state index contributed by atoms with van der Waals surface area (Å²) in [4.78, 5) is 2.33. The highest BCUT2D eigenvalue weighted by Gasteiger charge is 2.20. The summed E-state index contributed by atoms with van der Waals surface area (Å²) in [5.41, 5.74) is 17.6. The molecule has 0 radical (unpaired) electrons. The maximum atomic E-state index is 9.40. The van der Waals surface area contributed by atoms with Crippen LogP contribution >= 0.6 is 0 Å². The quantitative estimate of drug-likeness (QED) is 0.163. The van der Waals surface area contributed by atoms with Crippen molar-refractivity contribution in [1.29, 1.82) is 5.26 Å². The SMILES string of the molecule is N#Cc1ccc(-n2c3c(c4cc(-c5ccc(N(c6ccc(-c7ccccc7)cc6)c6ccc(-c7ccc8oc9ccccc9c8c7)cc6)cc5)ccc42)C=CCC3)cc1. The fourth-order valence-electron chi connectivity index (χ4n) is 8.77. The number of nitrogens with zero attached hydrogens (tertiary/aromatic N) is 3. The summed E-state index contributed by atoms with van der Waals surface area (Å²) >= 11 is 0. The van der Waals surface area contributed by atoms with Crippen LogP contribution in [0.2, 0.25) is 0 Å². The largest absolute Gasteiger partial charge is 0.456 e. The second-order valence-corrected chi connectivity index (χ2v) is 15.2. The number of nitriles is 1. The van der Waals surface area contributed by atoms with Crippen LogP contribution in [0.1, 0.15) is 23.2 Å². The van der Waals surface area contributed by atoms with Crippen LogP contribution in [0.25, 0.3) is 78.0 Å². The predicted octanol–water partition coefficient (Wildman–Crippen LogP) is 14.8. The standard InChI is InChI=1S/C55H37N3O/c56-36-37-14-24-47(25-15-37)58-52-12-6-4-10-48(52)50-34-42(22-32-53(50)58)40-18-28-45(29-19-40)57(44-26-16-39(17-27-44)38-8-2-1-3-9-38)46-30-20-41(21-31-46)43-23-33-55-51(35-43)49-11-5-7-13-54(49)59-55/h1-5,7-11,13-35H,6,12H2. The molecule has 2 aromatic heterocycles. The third-order valence-electron chi connectivity index (χ3n) is 11.7. The molecule has 0 unspecified atom stereocenters.